The summed E-state index contributed by atoms with van der Waals surface area (Å²) in [6.07, 6.45) is 1.85. The molecule has 0 aliphatic rings. The third-order valence-corrected chi connectivity index (χ3v) is 4.82. The van der Waals surface area contributed by atoms with Crippen molar-refractivity contribution in [2.24, 2.45) is 5.92 Å². The highest BCUT2D eigenvalue weighted by molar-refractivity contribution is 7.89. The monoisotopic (exact) mass is 316 g/mol. The Labute approximate surface area is 128 Å². The van der Waals surface area contributed by atoms with Gasteiger partial charge in [0.25, 0.3) is 0 Å². The molecule has 122 valence electrons. The Bertz CT molecular complexity index is 535. The topological polar surface area (TPSA) is 86.9 Å². The number of nitrogens with zero attached hydrogens (tertiary/aromatic N) is 1. The first-order valence-electron chi connectivity index (χ1n) is 7.51. The van der Waals surface area contributed by atoms with Crippen LogP contribution >= 0.6 is 0 Å². The van der Waals surface area contributed by atoms with E-state index < -0.39 is 10.0 Å². The van der Waals surface area contributed by atoms with Crippen LogP contribution in [0.15, 0.2) is 4.90 Å². The number of H-pyrrole nitrogens is 1. The van der Waals surface area contributed by atoms with Crippen molar-refractivity contribution in [3.63, 3.8) is 0 Å². The van der Waals surface area contributed by atoms with E-state index in [1.165, 1.54) is 0 Å². The van der Waals surface area contributed by atoms with Crippen molar-refractivity contribution in [2.75, 3.05) is 6.54 Å². The normalized spacial score (nSPS) is 12.5. The summed E-state index contributed by atoms with van der Waals surface area (Å²) in [6.45, 7) is 10.9. The minimum atomic E-state index is -3.51. The summed E-state index contributed by atoms with van der Waals surface area (Å²) in [5.41, 5.74) is 1.12. The van der Waals surface area contributed by atoms with Crippen molar-refractivity contribution in [1.29, 1.82) is 0 Å². The maximum Gasteiger partial charge on any atom is 0.244 e. The van der Waals surface area contributed by atoms with Gasteiger partial charge in [0.15, 0.2) is 0 Å². The first-order valence-corrected chi connectivity index (χ1v) is 8.99. The minimum Gasteiger partial charge on any atom is -0.309 e. The molecular formula is C14H28N4O2S. The summed E-state index contributed by atoms with van der Waals surface area (Å²) in [5, 5.41) is 10.1. The Kier molecular flexibility index (Phi) is 6.83. The first-order chi connectivity index (χ1) is 9.74. The van der Waals surface area contributed by atoms with Gasteiger partial charge in [0.1, 0.15) is 4.90 Å². The summed E-state index contributed by atoms with van der Waals surface area (Å²) in [4.78, 5) is 0.278. The van der Waals surface area contributed by atoms with E-state index in [9.17, 15) is 8.42 Å². The van der Waals surface area contributed by atoms with Crippen molar-refractivity contribution in [3.05, 3.63) is 11.4 Å². The van der Waals surface area contributed by atoms with E-state index in [2.05, 4.69) is 34.1 Å². The maximum atomic E-state index is 12.4. The largest absolute Gasteiger partial charge is 0.309 e. The van der Waals surface area contributed by atoms with Gasteiger partial charge in [0.05, 0.1) is 11.4 Å². The van der Waals surface area contributed by atoms with Crippen molar-refractivity contribution in [1.82, 2.24) is 20.2 Å². The Morgan fingerprint density at radius 2 is 1.90 bits per heavy atom. The van der Waals surface area contributed by atoms with Gasteiger partial charge in [0.2, 0.25) is 10.0 Å². The number of nitrogens with one attached hydrogen (secondary N) is 3. The zero-order chi connectivity index (χ0) is 16.0. The highest BCUT2D eigenvalue weighted by Crippen LogP contribution is 2.17. The van der Waals surface area contributed by atoms with Crippen LogP contribution < -0.4 is 10.0 Å². The van der Waals surface area contributed by atoms with Crippen LogP contribution in [-0.4, -0.2) is 31.2 Å². The van der Waals surface area contributed by atoms with Gasteiger partial charge < -0.3 is 5.32 Å². The zero-order valence-electron chi connectivity index (χ0n) is 13.7. The maximum absolute atomic E-state index is 12.4. The molecule has 0 saturated heterocycles. The number of aromatic nitrogens is 2. The lowest BCUT2D eigenvalue weighted by Crippen LogP contribution is -2.28. The van der Waals surface area contributed by atoms with Crippen LogP contribution in [0.25, 0.3) is 0 Å². The number of aryl methyl sites for hydroxylation is 1. The molecule has 0 aliphatic carbocycles. The Morgan fingerprint density at radius 1 is 1.24 bits per heavy atom. The van der Waals surface area contributed by atoms with Gasteiger partial charge in [-0.1, -0.05) is 27.7 Å². The molecule has 6 nitrogen and oxygen atoms in total. The van der Waals surface area contributed by atoms with E-state index >= 15 is 0 Å². The van der Waals surface area contributed by atoms with Gasteiger partial charge in [0, 0.05) is 19.1 Å². The average Bonchev–Trinajstić information content (AvgIpc) is 2.74. The van der Waals surface area contributed by atoms with E-state index in [1.807, 2.05) is 13.8 Å². The molecule has 0 fully saturated rings. The molecule has 0 bridgehead atoms. The van der Waals surface area contributed by atoms with Gasteiger partial charge in [-0.05, 0) is 25.7 Å². The second kappa shape index (κ2) is 7.91. The molecule has 1 aromatic heterocycles. The average molecular weight is 316 g/mol. The fourth-order valence-corrected chi connectivity index (χ4v) is 3.47. The van der Waals surface area contributed by atoms with Crippen LogP contribution in [0.4, 0.5) is 0 Å². The van der Waals surface area contributed by atoms with Crippen molar-refractivity contribution < 1.29 is 8.42 Å². The number of hydrogen-bond acceptors (Lipinski definition) is 4. The number of rotatable bonds is 9. The lowest BCUT2D eigenvalue weighted by atomic mass is 10.1. The lowest BCUT2D eigenvalue weighted by Gasteiger charge is -2.10. The standard InChI is InChI=1S/C14H28N4O2S/c1-10(2)7-6-8-16-21(19,20)14-12(5)17-18-13(14)9-15-11(3)4/h10-11,15-16H,6-9H2,1-5H3,(H,17,18). The molecule has 0 amide bonds. The third-order valence-electron chi connectivity index (χ3n) is 3.16. The lowest BCUT2D eigenvalue weighted by molar-refractivity contribution is 0.537. The predicted octanol–water partition coefficient (Wildman–Crippen LogP) is 1.93. The predicted molar refractivity (Wildman–Crippen MR) is 84.6 cm³/mol. The number of hydrogen-bond donors (Lipinski definition) is 3. The SMILES string of the molecule is Cc1[nH]nc(CNC(C)C)c1S(=O)(=O)NCCCC(C)C. The van der Waals surface area contributed by atoms with E-state index in [4.69, 9.17) is 0 Å². The van der Waals surface area contributed by atoms with Crippen molar-refractivity contribution in [3.8, 4) is 0 Å². The molecule has 1 heterocycles. The molecule has 21 heavy (non-hydrogen) atoms. The van der Waals surface area contributed by atoms with E-state index in [1.54, 1.807) is 6.92 Å². The van der Waals surface area contributed by atoms with Crippen LogP contribution in [0.2, 0.25) is 0 Å². The molecule has 0 saturated carbocycles. The first kappa shape index (κ1) is 18.1. The number of sulfonamides is 1. The summed E-state index contributed by atoms with van der Waals surface area (Å²) in [6, 6.07) is 0.275. The van der Waals surface area contributed by atoms with Gasteiger partial charge in [-0.25, -0.2) is 13.1 Å². The Hall–Kier alpha value is -0.920. The van der Waals surface area contributed by atoms with E-state index in [-0.39, 0.29) is 10.9 Å². The minimum absolute atomic E-state index is 0.275. The summed E-state index contributed by atoms with van der Waals surface area (Å²) in [7, 11) is -3.51. The molecule has 1 aromatic rings. The van der Waals surface area contributed by atoms with Crippen LogP contribution in [0.1, 0.15) is 51.9 Å². The van der Waals surface area contributed by atoms with Crippen LogP contribution in [0.5, 0.6) is 0 Å². The zero-order valence-corrected chi connectivity index (χ0v) is 14.5. The molecule has 0 radical (unpaired) electrons. The molecule has 0 spiro atoms. The van der Waals surface area contributed by atoms with E-state index in [0.29, 0.717) is 30.4 Å². The van der Waals surface area contributed by atoms with E-state index in [0.717, 1.165) is 12.8 Å². The van der Waals surface area contributed by atoms with Crippen LogP contribution in [-0.2, 0) is 16.6 Å². The molecule has 0 unspecified atom stereocenters. The molecule has 3 N–H and O–H groups in total. The van der Waals surface area contributed by atoms with Gasteiger partial charge in [-0.3, -0.25) is 5.10 Å². The van der Waals surface area contributed by atoms with Gasteiger partial charge in [-0.15, -0.1) is 0 Å². The third kappa shape index (κ3) is 5.76. The highest BCUT2D eigenvalue weighted by atomic mass is 32.2. The van der Waals surface area contributed by atoms with Crippen LogP contribution in [0, 0.1) is 12.8 Å². The molecule has 0 aliphatic heterocycles. The van der Waals surface area contributed by atoms with Crippen LogP contribution in [0.3, 0.4) is 0 Å². The molecule has 0 atom stereocenters. The fraction of sp³-hybridized carbons (Fsp3) is 0.786. The molecule has 0 aromatic carbocycles. The quantitative estimate of drug-likeness (QED) is 0.608. The second-order valence-corrected chi connectivity index (χ2v) is 7.80. The summed E-state index contributed by atoms with van der Waals surface area (Å²) in [5.74, 6) is 0.580. The molecule has 7 heteroatoms. The molecular weight excluding hydrogens is 288 g/mol. The second-order valence-electron chi connectivity index (χ2n) is 6.09. The smallest absolute Gasteiger partial charge is 0.244 e. The Morgan fingerprint density at radius 3 is 2.48 bits per heavy atom. The van der Waals surface area contributed by atoms with Crippen molar-refractivity contribution in [2.45, 2.75) is 64.9 Å². The fourth-order valence-electron chi connectivity index (χ4n) is 2.04. The number of aromatic amines is 1. The highest BCUT2D eigenvalue weighted by Gasteiger charge is 2.23. The Balaban J connectivity index is 2.75. The summed E-state index contributed by atoms with van der Waals surface area (Å²) < 4.78 is 27.5. The summed E-state index contributed by atoms with van der Waals surface area (Å²) >= 11 is 0. The van der Waals surface area contributed by atoms with Gasteiger partial charge in [-0.2, -0.15) is 5.10 Å². The molecule has 1 rings (SSSR count). The van der Waals surface area contributed by atoms with Gasteiger partial charge >= 0.3 is 0 Å². The van der Waals surface area contributed by atoms with Crippen molar-refractivity contribution >= 4 is 10.0 Å².